The molecule has 262 valence electrons. The maximum atomic E-state index is 2.47. The molecule has 0 aliphatic rings. The third-order valence-electron chi connectivity index (χ3n) is 11.3. The lowest BCUT2D eigenvalue weighted by atomic mass is 9.91. The topological polar surface area (TPSA) is 9.86 Å². The summed E-state index contributed by atoms with van der Waals surface area (Å²) >= 11 is 0. The van der Waals surface area contributed by atoms with Gasteiger partial charge in [0, 0.05) is 38.5 Å². The number of hydrogen-bond acceptors (Lipinski definition) is 0. The Morgan fingerprint density at radius 1 is 0.232 bits per heavy atom. The second-order valence-corrected chi connectivity index (χ2v) is 14.5. The molecule has 56 heavy (non-hydrogen) atoms. The van der Waals surface area contributed by atoms with Crippen molar-refractivity contribution >= 4 is 43.6 Å². The van der Waals surface area contributed by atoms with Crippen molar-refractivity contribution in [1.29, 1.82) is 0 Å². The van der Waals surface area contributed by atoms with Crippen LogP contribution < -0.4 is 0 Å². The Bertz CT molecular complexity index is 3220. The molecule has 0 saturated carbocycles. The summed E-state index contributed by atoms with van der Waals surface area (Å²) < 4.78 is 4.86. The van der Waals surface area contributed by atoms with Gasteiger partial charge in [0.15, 0.2) is 0 Å². The van der Waals surface area contributed by atoms with Gasteiger partial charge in [0.05, 0.1) is 22.1 Å². The van der Waals surface area contributed by atoms with Crippen molar-refractivity contribution in [2.45, 2.75) is 0 Å². The van der Waals surface area contributed by atoms with Gasteiger partial charge in [-0.2, -0.15) is 0 Å². The van der Waals surface area contributed by atoms with E-state index in [0.29, 0.717) is 0 Å². The minimum atomic E-state index is 1.13. The third kappa shape index (κ3) is 5.19. The predicted octanol–water partition coefficient (Wildman–Crippen LogP) is 14.5. The minimum Gasteiger partial charge on any atom is -0.309 e. The summed E-state index contributed by atoms with van der Waals surface area (Å²) in [5, 5.41) is 4.98. The summed E-state index contributed by atoms with van der Waals surface area (Å²) in [5.41, 5.74) is 16.7. The highest BCUT2D eigenvalue weighted by Crippen LogP contribution is 2.42. The highest BCUT2D eigenvalue weighted by atomic mass is 15.0. The van der Waals surface area contributed by atoms with Crippen LogP contribution in [0.3, 0.4) is 0 Å². The fourth-order valence-electron chi connectivity index (χ4n) is 8.79. The zero-order valence-corrected chi connectivity index (χ0v) is 30.7. The SMILES string of the molecule is c1ccc(-c2ccc(-c3cccc(-n4c5ccccc5c5cccc(-c6ccc7c(c6)c6ccccc6n7-c6ccccc6)c54)c3)c(-c3ccccc3)c2)cc1. The molecular weight excluding hydrogens is 677 g/mol. The summed E-state index contributed by atoms with van der Waals surface area (Å²) in [7, 11) is 0. The smallest absolute Gasteiger partial charge is 0.0619 e. The lowest BCUT2D eigenvalue weighted by molar-refractivity contribution is 1.18. The molecule has 0 bridgehead atoms. The zero-order chi connectivity index (χ0) is 37.0. The Labute approximate surface area is 325 Å². The quantitative estimate of drug-likeness (QED) is 0.162. The number of hydrogen-bond donors (Lipinski definition) is 0. The molecule has 2 heteroatoms. The second kappa shape index (κ2) is 13.2. The molecule has 2 nitrogen and oxygen atoms in total. The molecule has 0 fully saturated rings. The molecule has 11 aromatic rings. The number of rotatable bonds is 6. The summed E-state index contributed by atoms with van der Waals surface area (Å²) in [6.45, 7) is 0. The average Bonchev–Trinajstić information content (AvgIpc) is 3.80. The third-order valence-corrected chi connectivity index (χ3v) is 11.3. The Balaban J connectivity index is 1.12. The predicted molar refractivity (Wildman–Crippen MR) is 237 cm³/mol. The summed E-state index contributed by atoms with van der Waals surface area (Å²) in [6, 6.07) is 79.4. The molecule has 0 radical (unpaired) electrons. The lowest BCUT2D eigenvalue weighted by Gasteiger charge is -2.16. The Kier molecular flexibility index (Phi) is 7.53. The molecule has 0 aliphatic heterocycles. The number of benzene rings is 9. The van der Waals surface area contributed by atoms with E-state index in [1.165, 1.54) is 93.8 Å². The highest BCUT2D eigenvalue weighted by molar-refractivity contribution is 6.15. The van der Waals surface area contributed by atoms with Crippen molar-refractivity contribution in [2.75, 3.05) is 0 Å². The van der Waals surface area contributed by atoms with E-state index in [0.717, 1.165) is 5.69 Å². The molecule has 0 amide bonds. The molecule has 0 spiro atoms. The standard InChI is InChI=1S/C54H36N2/c1-4-16-37(17-5-1)39-30-32-44(49(35-39)38-18-6-2-7-19-38)40-20-14-23-43(34-40)56-52-29-13-10-24-46(52)48-27-15-26-45(54(48)56)41-31-33-53-50(36-41)47-25-11-12-28-51(47)55(53)42-21-8-3-9-22-42/h1-36H. The average molecular weight is 713 g/mol. The van der Waals surface area contributed by atoms with Gasteiger partial charge in [-0.15, -0.1) is 0 Å². The summed E-state index contributed by atoms with van der Waals surface area (Å²) in [4.78, 5) is 0. The van der Waals surface area contributed by atoms with Crippen LogP contribution in [0.4, 0.5) is 0 Å². The van der Waals surface area contributed by atoms with Gasteiger partial charge in [-0.25, -0.2) is 0 Å². The van der Waals surface area contributed by atoms with Gasteiger partial charge in [0.25, 0.3) is 0 Å². The molecule has 0 atom stereocenters. The number of fused-ring (bicyclic) bond motifs is 6. The first-order chi connectivity index (χ1) is 27.8. The van der Waals surface area contributed by atoms with Crippen molar-refractivity contribution in [3.05, 3.63) is 218 Å². The monoisotopic (exact) mass is 712 g/mol. The van der Waals surface area contributed by atoms with Crippen LogP contribution in [0.5, 0.6) is 0 Å². The van der Waals surface area contributed by atoms with Gasteiger partial charge in [-0.05, 0) is 93.5 Å². The maximum absolute atomic E-state index is 2.47. The fourth-order valence-corrected chi connectivity index (χ4v) is 8.79. The Hall–Kier alpha value is -7.42. The Morgan fingerprint density at radius 2 is 0.768 bits per heavy atom. The van der Waals surface area contributed by atoms with E-state index in [1.807, 2.05) is 0 Å². The van der Waals surface area contributed by atoms with Gasteiger partial charge < -0.3 is 9.13 Å². The van der Waals surface area contributed by atoms with Gasteiger partial charge >= 0.3 is 0 Å². The van der Waals surface area contributed by atoms with Crippen LogP contribution in [0.2, 0.25) is 0 Å². The van der Waals surface area contributed by atoms with Crippen LogP contribution in [0, 0.1) is 0 Å². The van der Waals surface area contributed by atoms with Crippen molar-refractivity contribution < 1.29 is 0 Å². The van der Waals surface area contributed by atoms with Crippen LogP contribution in [-0.2, 0) is 0 Å². The van der Waals surface area contributed by atoms with Crippen LogP contribution in [0.1, 0.15) is 0 Å². The first-order valence-electron chi connectivity index (χ1n) is 19.3. The van der Waals surface area contributed by atoms with Crippen LogP contribution in [-0.4, -0.2) is 9.13 Å². The summed E-state index contributed by atoms with van der Waals surface area (Å²) in [5.74, 6) is 0. The van der Waals surface area contributed by atoms with Crippen molar-refractivity contribution in [2.24, 2.45) is 0 Å². The number of aromatic nitrogens is 2. The first kappa shape index (κ1) is 32.0. The van der Waals surface area contributed by atoms with E-state index >= 15 is 0 Å². The lowest BCUT2D eigenvalue weighted by Crippen LogP contribution is -1.97. The zero-order valence-electron chi connectivity index (χ0n) is 30.7. The van der Waals surface area contributed by atoms with E-state index in [4.69, 9.17) is 0 Å². The molecule has 2 heterocycles. The van der Waals surface area contributed by atoms with Crippen LogP contribution in [0.25, 0.3) is 99.5 Å². The summed E-state index contributed by atoms with van der Waals surface area (Å²) in [6.07, 6.45) is 0. The number of nitrogens with zero attached hydrogens (tertiary/aromatic N) is 2. The largest absolute Gasteiger partial charge is 0.309 e. The minimum absolute atomic E-state index is 1.13. The number of para-hydroxylation sites is 4. The maximum Gasteiger partial charge on any atom is 0.0619 e. The van der Waals surface area contributed by atoms with E-state index in [2.05, 4.69) is 228 Å². The molecule has 9 aromatic carbocycles. The molecule has 11 rings (SSSR count). The molecular formula is C54H36N2. The van der Waals surface area contributed by atoms with Crippen LogP contribution >= 0.6 is 0 Å². The molecule has 0 saturated heterocycles. The van der Waals surface area contributed by atoms with E-state index in [-0.39, 0.29) is 0 Å². The van der Waals surface area contributed by atoms with E-state index in [1.54, 1.807) is 0 Å². The normalized spacial score (nSPS) is 11.6. The van der Waals surface area contributed by atoms with E-state index < -0.39 is 0 Å². The van der Waals surface area contributed by atoms with Crippen LogP contribution in [0.15, 0.2) is 218 Å². The van der Waals surface area contributed by atoms with Crippen molar-refractivity contribution in [3.8, 4) is 55.9 Å². The first-order valence-corrected chi connectivity index (χ1v) is 19.3. The molecule has 0 unspecified atom stereocenters. The van der Waals surface area contributed by atoms with Crippen molar-refractivity contribution in [1.82, 2.24) is 9.13 Å². The molecule has 2 aromatic heterocycles. The second-order valence-electron chi connectivity index (χ2n) is 14.5. The molecule has 0 aliphatic carbocycles. The van der Waals surface area contributed by atoms with Crippen molar-refractivity contribution in [3.63, 3.8) is 0 Å². The van der Waals surface area contributed by atoms with Gasteiger partial charge in [-0.1, -0.05) is 164 Å². The highest BCUT2D eigenvalue weighted by Gasteiger charge is 2.19. The molecule has 0 N–H and O–H groups in total. The van der Waals surface area contributed by atoms with Gasteiger partial charge in [-0.3, -0.25) is 0 Å². The van der Waals surface area contributed by atoms with E-state index in [9.17, 15) is 0 Å². The Morgan fingerprint density at radius 3 is 1.54 bits per heavy atom. The van der Waals surface area contributed by atoms with Gasteiger partial charge in [0.2, 0.25) is 0 Å². The van der Waals surface area contributed by atoms with Gasteiger partial charge in [0.1, 0.15) is 0 Å². The fraction of sp³-hybridized carbons (Fsp3) is 0.